The van der Waals surface area contributed by atoms with E-state index in [4.69, 9.17) is 0 Å². The number of hydrogen-bond donors (Lipinski definition) is 0. The topological polar surface area (TPSA) is 0 Å². The lowest BCUT2D eigenvalue weighted by Crippen LogP contribution is -2.20. The van der Waals surface area contributed by atoms with Crippen LogP contribution in [0.25, 0.3) is 0 Å². The fourth-order valence-corrected chi connectivity index (χ4v) is 3.00. The highest BCUT2D eigenvalue weighted by atomic mass is 28.2. The van der Waals surface area contributed by atoms with E-state index < -0.39 is 0 Å². The summed E-state index contributed by atoms with van der Waals surface area (Å²) in [5.41, 5.74) is 3.50. The molecule has 0 fully saturated rings. The quantitative estimate of drug-likeness (QED) is 0.641. The van der Waals surface area contributed by atoms with Crippen molar-refractivity contribution in [3.8, 4) is 0 Å². The van der Waals surface area contributed by atoms with Crippen LogP contribution in [0.5, 0.6) is 0 Å². The molecule has 0 saturated heterocycles. The van der Waals surface area contributed by atoms with Gasteiger partial charge in [0.25, 0.3) is 0 Å². The highest BCUT2D eigenvalue weighted by Gasteiger charge is 2.09. The molecule has 0 heterocycles. The molecule has 2 radical (unpaired) electrons. The first-order valence-corrected chi connectivity index (χ1v) is 6.03. The Morgan fingerprint density at radius 2 is 1.79 bits per heavy atom. The van der Waals surface area contributed by atoms with E-state index in [1.54, 1.807) is 0 Å². The second kappa shape index (κ2) is 3.97. The second-order valence-electron chi connectivity index (χ2n) is 3.69. The summed E-state index contributed by atoms with van der Waals surface area (Å²) < 4.78 is 0. The van der Waals surface area contributed by atoms with Crippen molar-refractivity contribution in [1.82, 2.24) is 0 Å². The summed E-state index contributed by atoms with van der Waals surface area (Å²) in [6, 6.07) is 6.59. The highest BCUT2D eigenvalue weighted by Crippen LogP contribution is 2.14. The van der Waals surface area contributed by atoms with Crippen LogP contribution in [0.3, 0.4) is 0 Å². The number of aryl methyl sites for hydroxylation is 1. The molecule has 0 nitrogen and oxygen atoms in total. The van der Waals surface area contributed by atoms with Crippen molar-refractivity contribution >= 4 is 14.7 Å². The standard InChI is InChI=1S/C13H14Si/c1-10-6-5-9-13(11(10)2)14-12-7-3-4-8-12/h3-9,12H,1-2H3. The van der Waals surface area contributed by atoms with Crippen LogP contribution < -0.4 is 5.19 Å². The third-order valence-electron chi connectivity index (χ3n) is 2.67. The minimum absolute atomic E-state index is 0.635. The molecule has 1 aromatic carbocycles. The average molecular weight is 198 g/mol. The molecular weight excluding hydrogens is 184 g/mol. The van der Waals surface area contributed by atoms with Crippen LogP contribution >= 0.6 is 0 Å². The van der Waals surface area contributed by atoms with Crippen molar-refractivity contribution in [1.29, 1.82) is 0 Å². The molecule has 1 aromatic rings. The molecule has 0 N–H and O–H groups in total. The first-order valence-electron chi connectivity index (χ1n) is 4.95. The van der Waals surface area contributed by atoms with Crippen LogP contribution in [-0.4, -0.2) is 9.52 Å². The largest absolute Gasteiger partial charge is 0.0936 e. The molecule has 0 amide bonds. The second-order valence-corrected chi connectivity index (χ2v) is 5.18. The van der Waals surface area contributed by atoms with Gasteiger partial charge in [-0.25, -0.2) is 0 Å². The Kier molecular flexibility index (Phi) is 2.68. The first kappa shape index (κ1) is 9.47. The third kappa shape index (κ3) is 1.88. The zero-order chi connectivity index (χ0) is 9.97. The van der Waals surface area contributed by atoms with Gasteiger partial charge in [0.15, 0.2) is 0 Å². The van der Waals surface area contributed by atoms with E-state index in [9.17, 15) is 0 Å². The minimum atomic E-state index is 0.635. The molecule has 14 heavy (non-hydrogen) atoms. The van der Waals surface area contributed by atoms with Gasteiger partial charge in [0.05, 0.1) is 9.52 Å². The maximum atomic E-state index is 2.28. The predicted octanol–water partition coefficient (Wildman–Crippen LogP) is 2.55. The van der Waals surface area contributed by atoms with Crippen molar-refractivity contribution in [2.75, 3.05) is 0 Å². The lowest BCUT2D eigenvalue weighted by Gasteiger charge is -2.09. The van der Waals surface area contributed by atoms with Gasteiger partial charge >= 0.3 is 0 Å². The lowest BCUT2D eigenvalue weighted by molar-refractivity contribution is 1.35. The van der Waals surface area contributed by atoms with Crippen LogP contribution in [0.1, 0.15) is 11.1 Å². The third-order valence-corrected chi connectivity index (χ3v) is 4.25. The Morgan fingerprint density at radius 1 is 1.07 bits per heavy atom. The van der Waals surface area contributed by atoms with Gasteiger partial charge in [-0.3, -0.25) is 0 Å². The Labute approximate surface area is 88.2 Å². The van der Waals surface area contributed by atoms with Gasteiger partial charge in [0, 0.05) is 0 Å². The van der Waals surface area contributed by atoms with Gasteiger partial charge in [-0.1, -0.05) is 47.7 Å². The van der Waals surface area contributed by atoms with Gasteiger partial charge in [0.2, 0.25) is 0 Å². The molecule has 0 unspecified atom stereocenters. The number of benzene rings is 1. The Morgan fingerprint density at radius 3 is 2.50 bits per heavy atom. The maximum absolute atomic E-state index is 2.28. The lowest BCUT2D eigenvalue weighted by atomic mass is 10.1. The monoisotopic (exact) mass is 198 g/mol. The van der Waals surface area contributed by atoms with Crippen LogP contribution in [0, 0.1) is 13.8 Å². The van der Waals surface area contributed by atoms with E-state index in [1.165, 1.54) is 16.3 Å². The van der Waals surface area contributed by atoms with Gasteiger partial charge in [-0.05, 0) is 30.5 Å². The molecular formula is C13H14Si. The molecule has 70 valence electrons. The summed E-state index contributed by atoms with van der Waals surface area (Å²) >= 11 is 0. The zero-order valence-corrected chi connectivity index (χ0v) is 9.62. The van der Waals surface area contributed by atoms with Crippen molar-refractivity contribution < 1.29 is 0 Å². The summed E-state index contributed by atoms with van der Waals surface area (Å²) in [4.78, 5) is 0. The number of allylic oxidation sites excluding steroid dienone is 4. The molecule has 0 aromatic heterocycles. The van der Waals surface area contributed by atoms with E-state index in [0.29, 0.717) is 5.54 Å². The van der Waals surface area contributed by atoms with Crippen LogP contribution in [-0.2, 0) is 0 Å². The van der Waals surface area contributed by atoms with Gasteiger partial charge in [-0.2, -0.15) is 0 Å². The molecule has 1 aliphatic rings. The molecule has 2 rings (SSSR count). The fraction of sp³-hybridized carbons (Fsp3) is 0.231. The van der Waals surface area contributed by atoms with E-state index in [1.807, 2.05) is 0 Å². The number of hydrogen-bond acceptors (Lipinski definition) is 0. The van der Waals surface area contributed by atoms with E-state index >= 15 is 0 Å². The molecule has 0 saturated carbocycles. The molecule has 0 atom stereocenters. The summed E-state index contributed by atoms with van der Waals surface area (Å²) in [6.07, 6.45) is 8.84. The van der Waals surface area contributed by atoms with Crippen molar-refractivity contribution in [3.05, 3.63) is 53.6 Å². The summed E-state index contributed by atoms with van der Waals surface area (Å²) in [5, 5.41) is 1.51. The van der Waals surface area contributed by atoms with Crippen LogP contribution in [0.4, 0.5) is 0 Å². The Bertz CT molecular complexity index is 376. The fourth-order valence-electron chi connectivity index (χ4n) is 1.62. The summed E-state index contributed by atoms with van der Waals surface area (Å²) in [6.45, 7) is 4.41. The maximum Gasteiger partial charge on any atom is 0.0936 e. The number of rotatable bonds is 2. The van der Waals surface area contributed by atoms with Crippen LogP contribution in [0.15, 0.2) is 42.5 Å². The predicted molar refractivity (Wildman–Crippen MR) is 63.3 cm³/mol. The van der Waals surface area contributed by atoms with Crippen LogP contribution in [0.2, 0.25) is 5.54 Å². The van der Waals surface area contributed by atoms with E-state index in [-0.39, 0.29) is 0 Å². The SMILES string of the molecule is Cc1cccc([Si]C2C=CC=C2)c1C. The van der Waals surface area contributed by atoms with Gasteiger partial charge < -0.3 is 0 Å². The minimum Gasteiger partial charge on any atom is -0.0805 e. The highest BCUT2D eigenvalue weighted by molar-refractivity contribution is 6.56. The molecule has 0 spiro atoms. The summed E-state index contributed by atoms with van der Waals surface area (Å²) in [5.74, 6) is 0. The smallest absolute Gasteiger partial charge is 0.0805 e. The Hall–Kier alpha value is -1.08. The molecule has 1 heteroatoms. The van der Waals surface area contributed by atoms with E-state index in [0.717, 1.165) is 9.52 Å². The molecule has 0 aliphatic heterocycles. The summed E-state index contributed by atoms with van der Waals surface area (Å²) in [7, 11) is 0.880. The van der Waals surface area contributed by atoms with E-state index in [2.05, 4.69) is 56.4 Å². The van der Waals surface area contributed by atoms with Crippen molar-refractivity contribution in [2.45, 2.75) is 19.4 Å². The molecule has 0 bridgehead atoms. The van der Waals surface area contributed by atoms with Crippen molar-refractivity contribution in [3.63, 3.8) is 0 Å². The zero-order valence-electron chi connectivity index (χ0n) is 8.62. The molecule has 1 aliphatic carbocycles. The van der Waals surface area contributed by atoms with Gasteiger partial charge in [0.1, 0.15) is 0 Å². The first-order chi connectivity index (χ1) is 6.77. The van der Waals surface area contributed by atoms with Crippen molar-refractivity contribution in [2.24, 2.45) is 0 Å². The average Bonchev–Trinajstić information content (AvgIpc) is 2.66. The normalized spacial score (nSPS) is 15.3. The Balaban J connectivity index is 2.20. The van der Waals surface area contributed by atoms with Gasteiger partial charge in [-0.15, -0.1) is 0 Å².